The van der Waals surface area contributed by atoms with Crippen molar-refractivity contribution in [3.8, 4) is 5.75 Å². The molecule has 0 atom stereocenters. The molecule has 1 aromatic carbocycles. The number of alkyl halides is 3. The third kappa shape index (κ3) is 2.19. The minimum absolute atomic E-state index is 0.0430. The Morgan fingerprint density at radius 1 is 1.31 bits per heavy atom. The smallest absolute Gasteiger partial charge is 0.403 e. The average Bonchev–Trinajstić information content (AvgIpc) is 2.42. The Balaban J connectivity index is 2.49. The van der Waals surface area contributed by atoms with Crippen LogP contribution in [0.1, 0.15) is 0 Å². The molecular formula is C8H3ClF4N2O. The molecule has 0 saturated carbocycles. The van der Waals surface area contributed by atoms with Crippen LogP contribution in [-0.2, 0) is 0 Å². The summed E-state index contributed by atoms with van der Waals surface area (Å²) in [5, 5.41) is -0.0430. The number of benzene rings is 1. The molecule has 16 heavy (non-hydrogen) atoms. The Morgan fingerprint density at radius 3 is 2.62 bits per heavy atom. The zero-order valence-electron chi connectivity index (χ0n) is 7.40. The molecule has 0 radical (unpaired) electrons. The van der Waals surface area contributed by atoms with Crippen LogP contribution in [0.3, 0.4) is 0 Å². The van der Waals surface area contributed by atoms with E-state index in [0.29, 0.717) is 0 Å². The molecular weight excluding hydrogens is 252 g/mol. The van der Waals surface area contributed by atoms with Crippen LogP contribution in [0.2, 0.25) is 5.28 Å². The van der Waals surface area contributed by atoms with E-state index in [9.17, 15) is 17.6 Å². The van der Waals surface area contributed by atoms with Gasteiger partial charge in [0.05, 0.1) is 11.0 Å². The standard InChI is InChI=1S/C8H3ClF4N2O/c9-7-14-4-1-3(10)6(2-5(4)15-7)16-8(11,12)13/h1-2H,(H,14,15). The number of H-pyrrole nitrogens is 1. The summed E-state index contributed by atoms with van der Waals surface area (Å²) in [5.41, 5.74) is 0.280. The first-order valence-electron chi connectivity index (χ1n) is 3.96. The number of hydrogen-bond donors (Lipinski definition) is 1. The van der Waals surface area contributed by atoms with E-state index in [1.54, 1.807) is 0 Å². The van der Waals surface area contributed by atoms with Gasteiger partial charge in [0.25, 0.3) is 0 Å². The molecule has 3 nitrogen and oxygen atoms in total. The van der Waals surface area contributed by atoms with Gasteiger partial charge in [-0.2, -0.15) is 0 Å². The Morgan fingerprint density at radius 2 is 2.00 bits per heavy atom. The van der Waals surface area contributed by atoms with E-state index in [1.165, 1.54) is 0 Å². The monoisotopic (exact) mass is 254 g/mol. The van der Waals surface area contributed by atoms with Gasteiger partial charge in [-0.3, -0.25) is 0 Å². The van der Waals surface area contributed by atoms with E-state index in [-0.39, 0.29) is 16.3 Å². The molecule has 0 fully saturated rings. The Bertz CT molecular complexity index is 537. The first-order chi connectivity index (χ1) is 7.35. The lowest BCUT2D eigenvalue weighted by Gasteiger charge is -2.09. The van der Waals surface area contributed by atoms with E-state index in [1.807, 2.05) is 0 Å². The number of rotatable bonds is 1. The van der Waals surface area contributed by atoms with Crippen LogP contribution >= 0.6 is 11.6 Å². The fourth-order valence-electron chi connectivity index (χ4n) is 1.18. The molecule has 1 N–H and O–H groups in total. The lowest BCUT2D eigenvalue weighted by molar-refractivity contribution is -0.275. The molecule has 0 spiro atoms. The molecule has 0 aliphatic rings. The summed E-state index contributed by atoms with van der Waals surface area (Å²) in [6.07, 6.45) is -4.95. The summed E-state index contributed by atoms with van der Waals surface area (Å²) >= 11 is 5.47. The predicted octanol–water partition coefficient (Wildman–Crippen LogP) is 3.25. The third-order valence-electron chi connectivity index (χ3n) is 1.73. The Kier molecular flexibility index (Phi) is 2.42. The van der Waals surface area contributed by atoms with E-state index in [4.69, 9.17) is 11.6 Å². The summed E-state index contributed by atoms with van der Waals surface area (Å²) in [7, 11) is 0. The van der Waals surface area contributed by atoms with Crippen molar-refractivity contribution in [2.24, 2.45) is 0 Å². The van der Waals surface area contributed by atoms with E-state index in [2.05, 4.69) is 14.7 Å². The second-order valence-corrected chi connectivity index (χ2v) is 3.23. The van der Waals surface area contributed by atoms with Crippen LogP contribution in [0.25, 0.3) is 11.0 Å². The predicted molar refractivity (Wildman–Crippen MR) is 47.7 cm³/mol. The second kappa shape index (κ2) is 3.51. The van der Waals surface area contributed by atoms with Crippen molar-refractivity contribution in [2.45, 2.75) is 6.36 Å². The number of halogens is 5. The maximum atomic E-state index is 13.1. The number of fused-ring (bicyclic) bond motifs is 1. The first-order valence-corrected chi connectivity index (χ1v) is 4.33. The minimum atomic E-state index is -4.95. The highest BCUT2D eigenvalue weighted by Crippen LogP contribution is 2.29. The number of ether oxygens (including phenoxy) is 1. The van der Waals surface area contributed by atoms with Gasteiger partial charge >= 0.3 is 6.36 Å². The summed E-state index contributed by atoms with van der Waals surface area (Å²) in [6.45, 7) is 0. The van der Waals surface area contributed by atoms with Gasteiger partial charge in [0.1, 0.15) is 0 Å². The van der Waals surface area contributed by atoms with Crippen molar-refractivity contribution >= 4 is 22.6 Å². The molecule has 1 aromatic heterocycles. The highest BCUT2D eigenvalue weighted by atomic mass is 35.5. The number of hydrogen-bond acceptors (Lipinski definition) is 2. The van der Waals surface area contributed by atoms with Crippen LogP contribution in [0.15, 0.2) is 12.1 Å². The highest BCUT2D eigenvalue weighted by molar-refractivity contribution is 6.29. The summed E-state index contributed by atoms with van der Waals surface area (Å²) in [6, 6.07) is 1.65. The van der Waals surface area contributed by atoms with Gasteiger partial charge in [-0.1, -0.05) is 0 Å². The maximum absolute atomic E-state index is 13.1. The van der Waals surface area contributed by atoms with E-state index >= 15 is 0 Å². The van der Waals surface area contributed by atoms with E-state index in [0.717, 1.165) is 12.1 Å². The number of aromatic nitrogens is 2. The number of imidazole rings is 1. The van der Waals surface area contributed by atoms with Crippen LogP contribution in [0.5, 0.6) is 5.75 Å². The molecule has 0 amide bonds. The van der Waals surface area contributed by atoms with Gasteiger partial charge in [0.15, 0.2) is 11.6 Å². The van der Waals surface area contributed by atoms with Gasteiger partial charge in [-0.05, 0) is 11.6 Å². The highest BCUT2D eigenvalue weighted by Gasteiger charge is 2.32. The van der Waals surface area contributed by atoms with Crippen molar-refractivity contribution in [3.05, 3.63) is 23.2 Å². The molecule has 0 aliphatic carbocycles. The zero-order valence-corrected chi connectivity index (χ0v) is 8.16. The lowest BCUT2D eigenvalue weighted by atomic mass is 10.3. The van der Waals surface area contributed by atoms with Gasteiger partial charge < -0.3 is 9.72 Å². The molecule has 0 aliphatic heterocycles. The molecule has 2 rings (SSSR count). The van der Waals surface area contributed by atoms with Crippen molar-refractivity contribution in [1.82, 2.24) is 9.97 Å². The molecule has 86 valence electrons. The fourth-order valence-corrected chi connectivity index (χ4v) is 1.38. The largest absolute Gasteiger partial charge is 0.573 e. The number of nitrogens with zero attached hydrogens (tertiary/aromatic N) is 1. The van der Waals surface area contributed by atoms with Gasteiger partial charge in [0.2, 0.25) is 5.28 Å². The fraction of sp³-hybridized carbons (Fsp3) is 0.125. The first kappa shape index (κ1) is 11.0. The molecule has 0 saturated heterocycles. The third-order valence-corrected chi connectivity index (χ3v) is 1.91. The Hall–Kier alpha value is -1.50. The van der Waals surface area contributed by atoms with E-state index < -0.39 is 17.9 Å². The van der Waals surface area contributed by atoms with Gasteiger partial charge in [-0.15, -0.1) is 13.2 Å². The molecule has 0 unspecified atom stereocenters. The molecule has 8 heteroatoms. The quantitative estimate of drug-likeness (QED) is 0.793. The summed E-state index contributed by atoms with van der Waals surface area (Å²) in [4.78, 5) is 6.11. The Labute approximate surface area is 91.0 Å². The SMILES string of the molecule is Fc1cc2[nH]c(Cl)nc2cc1OC(F)(F)F. The van der Waals surface area contributed by atoms with Crippen molar-refractivity contribution < 1.29 is 22.3 Å². The van der Waals surface area contributed by atoms with Crippen LogP contribution in [0.4, 0.5) is 17.6 Å². The van der Waals surface area contributed by atoms with Crippen LogP contribution in [-0.4, -0.2) is 16.3 Å². The summed E-state index contributed by atoms with van der Waals surface area (Å²) < 4.78 is 52.3. The van der Waals surface area contributed by atoms with Crippen molar-refractivity contribution in [3.63, 3.8) is 0 Å². The maximum Gasteiger partial charge on any atom is 0.573 e. The molecule has 1 heterocycles. The van der Waals surface area contributed by atoms with Crippen LogP contribution in [0, 0.1) is 5.82 Å². The topological polar surface area (TPSA) is 37.9 Å². The average molecular weight is 255 g/mol. The number of aromatic amines is 1. The molecule has 2 aromatic rings. The van der Waals surface area contributed by atoms with Gasteiger partial charge in [-0.25, -0.2) is 9.37 Å². The zero-order chi connectivity index (χ0) is 11.9. The van der Waals surface area contributed by atoms with Gasteiger partial charge in [0, 0.05) is 12.1 Å². The lowest BCUT2D eigenvalue weighted by Crippen LogP contribution is -2.17. The normalized spacial score (nSPS) is 12.1. The van der Waals surface area contributed by atoms with Crippen molar-refractivity contribution in [1.29, 1.82) is 0 Å². The number of nitrogens with one attached hydrogen (secondary N) is 1. The van der Waals surface area contributed by atoms with Crippen LogP contribution < -0.4 is 4.74 Å². The second-order valence-electron chi connectivity index (χ2n) is 2.88. The minimum Gasteiger partial charge on any atom is -0.403 e. The molecule has 0 bridgehead atoms. The summed E-state index contributed by atoms with van der Waals surface area (Å²) in [5.74, 6) is -2.09. The van der Waals surface area contributed by atoms with Crippen molar-refractivity contribution in [2.75, 3.05) is 0 Å².